The van der Waals surface area contributed by atoms with Crippen LogP contribution in [0.2, 0.25) is 0 Å². The Kier molecular flexibility index (Phi) is 4.96. The maximum atomic E-state index is 11.6. The van der Waals surface area contributed by atoms with Gasteiger partial charge in [-0.25, -0.2) is 0 Å². The van der Waals surface area contributed by atoms with Crippen LogP contribution >= 0.6 is 0 Å². The molecule has 0 bridgehead atoms. The summed E-state index contributed by atoms with van der Waals surface area (Å²) < 4.78 is 4.96. The fourth-order valence-electron chi connectivity index (χ4n) is 1.13. The van der Waals surface area contributed by atoms with Crippen LogP contribution in [0.25, 0.3) is 0 Å². The summed E-state index contributed by atoms with van der Waals surface area (Å²) in [4.78, 5) is 22.6. The van der Waals surface area contributed by atoms with Gasteiger partial charge < -0.3 is 10.5 Å². The summed E-state index contributed by atoms with van der Waals surface area (Å²) in [7, 11) is 1.54. The largest absolute Gasteiger partial charge is 0.497 e. The van der Waals surface area contributed by atoms with E-state index in [1.54, 1.807) is 31.4 Å². The van der Waals surface area contributed by atoms with Crippen LogP contribution in [0.3, 0.4) is 0 Å². The van der Waals surface area contributed by atoms with Crippen LogP contribution in [0.15, 0.2) is 24.3 Å². The first-order chi connectivity index (χ1) is 8.17. The van der Waals surface area contributed by atoms with E-state index >= 15 is 0 Å². The molecule has 0 atom stereocenters. The normalized spacial score (nSPS) is 9.53. The van der Waals surface area contributed by atoms with Crippen LogP contribution < -0.4 is 21.3 Å². The van der Waals surface area contributed by atoms with Gasteiger partial charge in [-0.15, -0.1) is 0 Å². The van der Waals surface area contributed by atoms with Crippen LogP contribution in [0.4, 0.5) is 0 Å². The molecule has 4 N–H and O–H groups in total. The molecule has 6 nitrogen and oxygen atoms in total. The molecule has 0 spiro atoms. The van der Waals surface area contributed by atoms with Crippen LogP contribution in [0.1, 0.15) is 16.8 Å². The maximum Gasteiger partial charge on any atom is 0.269 e. The quantitative estimate of drug-likeness (QED) is 0.632. The lowest BCUT2D eigenvalue weighted by atomic mass is 10.2. The first-order valence-corrected chi connectivity index (χ1v) is 5.10. The van der Waals surface area contributed by atoms with Gasteiger partial charge in [0.1, 0.15) is 5.75 Å². The minimum atomic E-state index is -0.391. The second-order valence-electron chi connectivity index (χ2n) is 3.27. The van der Waals surface area contributed by atoms with E-state index in [9.17, 15) is 9.59 Å². The summed E-state index contributed by atoms with van der Waals surface area (Å²) in [6, 6.07) is 6.53. The Labute approximate surface area is 99.1 Å². The molecule has 0 aromatic heterocycles. The van der Waals surface area contributed by atoms with E-state index in [1.807, 2.05) is 0 Å². The topological polar surface area (TPSA) is 93.5 Å². The van der Waals surface area contributed by atoms with Crippen molar-refractivity contribution in [2.24, 2.45) is 5.73 Å². The smallest absolute Gasteiger partial charge is 0.269 e. The number of hydrogen-bond donors (Lipinski definition) is 3. The van der Waals surface area contributed by atoms with Crippen molar-refractivity contribution >= 4 is 11.8 Å². The zero-order chi connectivity index (χ0) is 12.7. The van der Waals surface area contributed by atoms with Gasteiger partial charge >= 0.3 is 0 Å². The lowest BCUT2D eigenvalue weighted by Gasteiger charge is -2.07. The van der Waals surface area contributed by atoms with Crippen molar-refractivity contribution in [3.05, 3.63) is 29.8 Å². The summed E-state index contributed by atoms with van der Waals surface area (Å²) in [5, 5.41) is 0. The van der Waals surface area contributed by atoms with Gasteiger partial charge in [0.05, 0.1) is 7.11 Å². The van der Waals surface area contributed by atoms with Gasteiger partial charge in [-0.2, -0.15) is 0 Å². The molecule has 1 rings (SSSR count). The summed E-state index contributed by atoms with van der Waals surface area (Å²) in [6.07, 6.45) is 0.170. The van der Waals surface area contributed by atoms with Crippen LogP contribution in [0.5, 0.6) is 5.75 Å². The molecular weight excluding hydrogens is 222 g/mol. The summed E-state index contributed by atoms with van der Waals surface area (Å²) in [6.45, 7) is 0.240. The molecule has 92 valence electrons. The lowest BCUT2D eigenvalue weighted by Crippen LogP contribution is -2.42. The number of benzene rings is 1. The van der Waals surface area contributed by atoms with Crippen LogP contribution in [-0.2, 0) is 4.79 Å². The Bertz CT molecular complexity index is 389. The molecule has 0 aliphatic rings. The zero-order valence-electron chi connectivity index (χ0n) is 9.53. The molecule has 0 radical (unpaired) electrons. The van der Waals surface area contributed by atoms with Crippen molar-refractivity contribution in [1.29, 1.82) is 0 Å². The number of rotatable bonds is 4. The Morgan fingerprint density at radius 3 is 2.41 bits per heavy atom. The van der Waals surface area contributed by atoms with E-state index in [0.29, 0.717) is 11.3 Å². The SMILES string of the molecule is COc1ccc(C(=O)NNC(=O)CCN)cc1. The first-order valence-electron chi connectivity index (χ1n) is 5.10. The molecule has 0 aliphatic carbocycles. The highest BCUT2D eigenvalue weighted by Crippen LogP contribution is 2.10. The van der Waals surface area contributed by atoms with Crippen LogP contribution in [-0.4, -0.2) is 25.5 Å². The molecule has 0 unspecified atom stereocenters. The number of hydrazine groups is 1. The van der Waals surface area contributed by atoms with E-state index in [0.717, 1.165) is 0 Å². The molecule has 0 aliphatic heterocycles. The van der Waals surface area contributed by atoms with Gasteiger partial charge in [-0.3, -0.25) is 20.4 Å². The standard InChI is InChI=1S/C11H15N3O3/c1-17-9-4-2-8(3-5-9)11(16)14-13-10(15)6-7-12/h2-5H,6-7,12H2,1H3,(H,13,15)(H,14,16). The van der Waals surface area contributed by atoms with E-state index in [2.05, 4.69) is 10.9 Å². The number of nitrogens with two attached hydrogens (primary N) is 1. The molecule has 0 fully saturated rings. The van der Waals surface area contributed by atoms with E-state index < -0.39 is 5.91 Å². The summed E-state index contributed by atoms with van der Waals surface area (Å²) in [5.41, 5.74) is 10.2. The lowest BCUT2D eigenvalue weighted by molar-refractivity contribution is -0.121. The monoisotopic (exact) mass is 237 g/mol. The minimum absolute atomic E-state index is 0.170. The Balaban J connectivity index is 2.49. The molecule has 2 amide bonds. The number of amides is 2. The summed E-state index contributed by atoms with van der Waals surface area (Å²) >= 11 is 0. The van der Waals surface area contributed by atoms with Gasteiger partial charge in [-0.1, -0.05) is 0 Å². The molecule has 0 heterocycles. The fourth-order valence-corrected chi connectivity index (χ4v) is 1.13. The maximum absolute atomic E-state index is 11.6. The molecule has 17 heavy (non-hydrogen) atoms. The zero-order valence-corrected chi connectivity index (χ0v) is 9.53. The Morgan fingerprint density at radius 2 is 1.88 bits per heavy atom. The number of hydrogen-bond acceptors (Lipinski definition) is 4. The second kappa shape index (κ2) is 6.49. The molecule has 6 heteroatoms. The average molecular weight is 237 g/mol. The molecule has 0 saturated heterocycles. The van der Waals surface area contributed by atoms with Crippen molar-refractivity contribution in [2.45, 2.75) is 6.42 Å². The van der Waals surface area contributed by atoms with E-state index in [-0.39, 0.29) is 18.9 Å². The molecule has 0 saturated carbocycles. The highest BCUT2D eigenvalue weighted by Gasteiger charge is 2.06. The van der Waals surface area contributed by atoms with Crippen LogP contribution in [0, 0.1) is 0 Å². The predicted molar refractivity (Wildman–Crippen MR) is 62.3 cm³/mol. The van der Waals surface area contributed by atoms with Gasteiger partial charge in [0, 0.05) is 18.5 Å². The van der Waals surface area contributed by atoms with Gasteiger partial charge in [0.25, 0.3) is 5.91 Å². The van der Waals surface area contributed by atoms with Crippen molar-refractivity contribution < 1.29 is 14.3 Å². The molecule has 1 aromatic rings. The first kappa shape index (κ1) is 13.0. The van der Waals surface area contributed by atoms with E-state index in [4.69, 9.17) is 10.5 Å². The number of carbonyl (C=O) groups is 2. The van der Waals surface area contributed by atoms with E-state index in [1.165, 1.54) is 0 Å². The molecule has 1 aromatic carbocycles. The number of nitrogens with one attached hydrogen (secondary N) is 2. The minimum Gasteiger partial charge on any atom is -0.497 e. The third-order valence-electron chi connectivity index (χ3n) is 2.04. The number of carbonyl (C=O) groups excluding carboxylic acids is 2. The Hall–Kier alpha value is -2.08. The summed E-state index contributed by atoms with van der Waals surface area (Å²) in [5.74, 6) is -0.0545. The predicted octanol–water partition coefficient (Wildman–Crippen LogP) is -0.195. The number of ether oxygens (including phenoxy) is 1. The van der Waals surface area contributed by atoms with Crippen molar-refractivity contribution in [3.63, 3.8) is 0 Å². The van der Waals surface area contributed by atoms with Crippen molar-refractivity contribution in [1.82, 2.24) is 10.9 Å². The molecular formula is C11H15N3O3. The highest BCUT2D eigenvalue weighted by atomic mass is 16.5. The highest BCUT2D eigenvalue weighted by molar-refractivity contribution is 5.95. The second-order valence-corrected chi connectivity index (χ2v) is 3.27. The average Bonchev–Trinajstić information content (AvgIpc) is 2.36. The Morgan fingerprint density at radius 1 is 1.24 bits per heavy atom. The van der Waals surface area contributed by atoms with Gasteiger partial charge in [0.15, 0.2) is 0 Å². The third-order valence-corrected chi connectivity index (χ3v) is 2.04. The van der Waals surface area contributed by atoms with Crippen molar-refractivity contribution in [2.75, 3.05) is 13.7 Å². The third kappa shape index (κ3) is 4.12. The number of methoxy groups -OCH3 is 1. The van der Waals surface area contributed by atoms with Gasteiger partial charge in [-0.05, 0) is 24.3 Å². The van der Waals surface area contributed by atoms with Gasteiger partial charge in [0.2, 0.25) is 5.91 Å². The fraction of sp³-hybridized carbons (Fsp3) is 0.273. The van der Waals surface area contributed by atoms with Crippen molar-refractivity contribution in [3.8, 4) is 5.75 Å².